The lowest BCUT2D eigenvalue weighted by atomic mass is 10.0. The zero-order valence-corrected chi connectivity index (χ0v) is 19.1. The normalized spacial score (nSPS) is 12.5. The van der Waals surface area contributed by atoms with Crippen LogP contribution in [0.5, 0.6) is 0 Å². The molecule has 0 radical (unpaired) electrons. The first kappa shape index (κ1) is 23.4. The summed E-state index contributed by atoms with van der Waals surface area (Å²) in [6.45, 7) is 0.427. The van der Waals surface area contributed by atoms with Gasteiger partial charge in [-0.2, -0.15) is 4.31 Å². The number of rotatable bonds is 9. The summed E-state index contributed by atoms with van der Waals surface area (Å²) in [5, 5.41) is 0. The number of nitrogens with two attached hydrogens (primary N) is 1. The molecule has 1 heterocycles. The lowest BCUT2D eigenvalue weighted by Gasteiger charge is -2.30. The van der Waals surface area contributed by atoms with Gasteiger partial charge in [-0.05, 0) is 48.4 Å². The zero-order chi connectivity index (χ0) is 23.1. The highest BCUT2D eigenvalue weighted by molar-refractivity contribution is 7.89. The minimum absolute atomic E-state index is 0.0937. The molecular weight excluding hydrogens is 424 g/mol. The van der Waals surface area contributed by atoms with Crippen LogP contribution < -0.4 is 5.73 Å². The van der Waals surface area contributed by atoms with Crippen LogP contribution in [-0.2, 0) is 27.7 Å². The summed E-state index contributed by atoms with van der Waals surface area (Å²) < 4.78 is 27.7. The summed E-state index contributed by atoms with van der Waals surface area (Å²) in [7, 11) is -0.767. The number of benzene rings is 2. The van der Waals surface area contributed by atoms with Crippen LogP contribution in [0.4, 0.5) is 5.69 Å². The van der Waals surface area contributed by atoms with Crippen LogP contribution in [0.25, 0.3) is 0 Å². The molecule has 0 fully saturated rings. The van der Waals surface area contributed by atoms with Gasteiger partial charge in [-0.15, -0.1) is 0 Å². The van der Waals surface area contributed by atoms with Crippen molar-refractivity contribution < 1.29 is 13.2 Å². The molecule has 3 rings (SSSR count). The van der Waals surface area contributed by atoms with Crippen molar-refractivity contribution >= 4 is 21.6 Å². The third-order valence-corrected chi connectivity index (χ3v) is 7.24. The van der Waals surface area contributed by atoms with Gasteiger partial charge in [0, 0.05) is 44.6 Å². The van der Waals surface area contributed by atoms with Crippen molar-refractivity contribution in [2.75, 3.05) is 26.4 Å². The SMILES string of the molecule is CN(CCc1ccccn1)C(=O)[C@H](Cc1ccccc1)N(C)S(=O)(=O)c1ccc(N)cc1. The first-order valence-corrected chi connectivity index (χ1v) is 11.8. The highest BCUT2D eigenvalue weighted by Crippen LogP contribution is 2.21. The molecular formula is C24H28N4O3S. The Balaban J connectivity index is 1.85. The van der Waals surface area contributed by atoms with E-state index in [9.17, 15) is 13.2 Å². The zero-order valence-electron chi connectivity index (χ0n) is 18.3. The number of carbonyl (C=O) groups excluding carboxylic acids is 1. The van der Waals surface area contributed by atoms with Gasteiger partial charge in [0.15, 0.2) is 0 Å². The Morgan fingerprint density at radius 3 is 2.25 bits per heavy atom. The number of nitrogen functional groups attached to an aromatic ring is 1. The van der Waals surface area contributed by atoms with E-state index in [1.165, 1.54) is 31.3 Å². The molecule has 0 spiro atoms. The van der Waals surface area contributed by atoms with Gasteiger partial charge in [0.05, 0.1) is 4.90 Å². The number of anilines is 1. The van der Waals surface area contributed by atoms with Crippen molar-refractivity contribution in [1.82, 2.24) is 14.2 Å². The van der Waals surface area contributed by atoms with Crippen LogP contribution >= 0.6 is 0 Å². The Labute approximate surface area is 189 Å². The Bertz CT molecular complexity index is 1120. The molecule has 0 unspecified atom stereocenters. The molecule has 0 saturated carbocycles. The Morgan fingerprint density at radius 1 is 0.969 bits per heavy atom. The van der Waals surface area contributed by atoms with Crippen molar-refractivity contribution in [3.8, 4) is 0 Å². The van der Waals surface area contributed by atoms with E-state index in [0.29, 0.717) is 18.7 Å². The monoisotopic (exact) mass is 452 g/mol. The van der Waals surface area contributed by atoms with E-state index in [1.807, 2.05) is 48.5 Å². The van der Waals surface area contributed by atoms with Gasteiger partial charge < -0.3 is 10.6 Å². The van der Waals surface area contributed by atoms with Gasteiger partial charge in [-0.1, -0.05) is 36.4 Å². The number of likely N-dealkylation sites (N-methyl/N-ethyl adjacent to an activating group) is 2. The molecule has 0 aliphatic rings. The van der Waals surface area contributed by atoms with Gasteiger partial charge in [-0.3, -0.25) is 9.78 Å². The highest BCUT2D eigenvalue weighted by Gasteiger charge is 2.34. The topological polar surface area (TPSA) is 96.6 Å². The number of carbonyl (C=O) groups is 1. The molecule has 2 N–H and O–H groups in total. The van der Waals surface area contributed by atoms with E-state index in [4.69, 9.17) is 5.73 Å². The van der Waals surface area contributed by atoms with E-state index >= 15 is 0 Å². The molecule has 1 amide bonds. The third-order valence-electron chi connectivity index (χ3n) is 5.36. The molecule has 0 saturated heterocycles. The second kappa shape index (κ2) is 10.4. The number of nitrogens with zero attached hydrogens (tertiary/aromatic N) is 3. The molecule has 0 aliphatic heterocycles. The van der Waals surface area contributed by atoms with E-state index in [-0.39, 0.29) is 17.2 Å². The molecule has 0 aliphatic carbocycles. The van der Waals surface area contributed by atoms with E-state index in [1.54, 1.807) is 18.1 Å². The maximum absolute atomic E-state index is 13.4. The average molecular weight is 453 g/mol. The summed E-state index contributed by atoms with van der Waals surface area (Å²) in [5.74, 6) is -0.272. The second-order valence-corrected chi connectivity index (χ2v) is 9.62. The first-order valence-electron chi connectivity index (χ1n) is 10.3. The predicted octanol–water partition coefficient (Wildman–Crippen LogP) is 2.60. The van der Waals surface area contributed by atoms with Crippen LogP contribution in [0.15, 0.2) is 83.9 Å². The van der Waals surface area contributed by atoms with Crippen LogP contribution in [0, 0.1) is 0 Å². The van der Waals surface area contributed by atoms with Crippen LogP contribution in [-0.4, -0.2) is 55.2 Å². The van der Waals surface area contributed by atoms with Crippen molar-refractivity contribution in [3.05, 3.63) is 90.3 Å². The Hall–Kier alpha value is -3.23. The lowest BCUT2D eigenvalue weighted by Crippen LogP contribution is -2.49. The van der Waals surface area contributed by atoms with Crippen LogP contribution in [0.3, 0.4) is 0 Å². The fourth-order valence-electron chi connectivity index (χ4n) is 3.38. The second-order valence-electron chi connectivity index (χ2n) is 7.63. The van der Waals surface area contributed by atoms with Crippen LogP contribution in [0.2, 0.25) is 0 Å². The molecule has 0 bridgehead atoms. The summed E-state index contributed by atoms with van der Waals surface area (Å²) in [6, 6.07) is 20.1. The van der Waals surface area contributed by atoms with Crippen molar-refractivity contribution in [1.29, 1.82) is 0 Å². The number of sulfonamides is 1. The predicted molar refractivity (Wildman–Crippen MR) is 125 cm³/mol. The maximum Gasteiger partial charge on any atom is 0.243 e. The first-order chi connectivity index (χ1) is 15.3. The lowest BCUT2D eigenvalue weighted by molar-refractivity contribution is -0.133. The number of aromatic nitrogens is 1. The summed E-state index contributed by atoms with van der Waals surface area (Å²) in [4.78, 5) is 19.4. The van der Waals surface area contributed by atoms with E-state index < -0.39 is 16.1 Å². The Morgan fingerprint density at radius 2 is 1.62 bits per heavy atom. The fourth-order valence-corrected chi connectivity index (χ4v) is 4.69. The van der Waals surface area contributed by atoms with E-state index in [0.717, 1.165) is 15.6 Å². The molecule has 1 aromatic heterocycles. The minimum Gasteiger partial charge on any atom is -0.399 e. The van der Waals surface area contributed by atoms with Crippen molar-refractivity contribution in [2.24, 2.45) is 0 Å². The summed E-state index contributed by atoms with van der Waals surface area (Å²) in [5.41, 5.74) is 7.92. The molecule has 7 nitrogen and oxygen atoms in total. The number of pyridine rings is 1. The van der Waals surface area contributed by atoms with E-state index in [2.05, 4.69) is 4.98 Å². The quantitative estimate of drug-likeness (QED) is 0.504. The molecule has 1 atom stereocenters. The fraction of sp³-hybridized carbons (Fsp3) is 0.250. The van der Waals surface area contributed by atoms with Gasteiger partial charge >= 0.3 is 0 Å². The maximum atomic E-state index is 13.4. The molecule has 2 aromatic carbocycles. The number of hydrogen-bond acceptors (Lipinski definition) is 5. The molecule has 3 aromatic rings. The molecule has 8 heteroatoms. The molecule has 168 valence electrons. The highest BCUT2D eigenvalue weighted by atomic mass is 32.2. The van der Waals surface area contributed by atoms with Gasteiger partial charge in [0.1, 0.15) is 6.04 Å². The average Bonchev–Trinajstić information content (AvgIpc) is 2.81. The van der Waals surface area contributed by atoms with Gasteiger partial charge in [-0.25, -0.2) is 8.42 Å². The summed E-state index contributed by atoms with van der Waals surface area (Å²) in [6.07, 6.45) is 2.55. The smallest absolute Gasteiger partial charge is 0.243 e. The minimum atomic E-state index is -3.90. The number of hydrogen-bond donors (Lipinski definition) is 1. The van der Waals surface area contributed by atoms with Gasteiger partial charge in [0.25, 0.3) is 0 Å². The van der Waals surface area contributed by atoms with Crippen LogP contribution in [0.1, 0.15) is 11.3 Å². The summed E-state index contributed by atoms with van der Waals surface area (Å²) >= 11 is 0. The third kappa shape index (κ3) is 5.72. The standard InChI is InChI=1S/C24H28N4O3S/c1-27(17-15-21-10-6-7-16-26-21)24(29)23(18-19-8-4-3-5-9-19)28(2)32(30,31)22-13-11-20(25)12-14-22/h3-14,16,23H,15,17-18,25H2,1-2H3/t23-/m0/s1. The van der Waals surface area contributed by atoms with Gasteiger partial charge in [0.2, 0.25) is 15.9 Å². The van der Waals surface area contributed by atoms with Crippen molar-refractivity contribution in [3.63, 3.8) is 0 Å². The number of amides is 1. The Kier molecular flexibility index (Phi) is 7.61. The molecule has 32 heavy (non-hydrogen) atoms. The van der Waals surface area contributed by atoms with Crippen molar-refractivity contribution in [2.45, 2.75) is 23.8 Å². The largest absolute Gasteiger partial charge is 0.399 e.